The molecule has 1 N–H and O–H groups in total. The summed E-state index contributed by atoms with van der Waals surface area (Å²) in [7, 11) is -3.92. The third kappa shape index (κ3) is 5.45. The molecule has 0 radical (unpaired) electrons. The summed E-state index contributed by atoms with van der Waals surface area (Å²) in [6, 6.07) is 7.86. The van der Waals surface area contributed by atoms with Gasteiger partial charge in [-0.3, -0.25) is 9.59 Å². The second-order valence-corrected chi connectivity index (χ2v) is 9.11. The number of halogens is 2. The first-order valence-corrected chi connectivity index (χ1v) is 11.1. The number of esters is 1. The van der Waals surface area contributed by atoms with Crippen LogP contribution in [0.5, 0.6) is 0 Å². The van der Waals surface area contributed by atoms with Crippen LogP contribution in [0.2, 0.25) is 0 Å². The third-order valence-corrected chi connectivity index (χ3v) is 6.83. The van der Waals surface area contributed by atoms with Crippen LogP contribution in [-0.4, -0.2) is 43.8 Å². The molecule has 1 saturated heterocycles. The lowest BCUT2D eigenvalue weighted by atomic mass is 10.1. The number of piperidine rings is 1. The topological polar surface area (TPSA) is 92.8 Å². The Kier molecular flexibility index (Phi) is 7.01. The zero-order valence-electron chi connectivity index (χ0n) is 16.8. The van der Waals surface area contributed by atoms with E-state index < -0.39 is 46.2 Å². The number of anilines is 1. The highest BCUT2D eigenvalue weighted by molar-refractivity contribution is 7.89. The van der Waals surface area contributed by atoms with Crippen molar-refractivity contribution in [2.24, 2.45) is 0 Å². The SMILES string of the molecule is Cc1ccc(S(=O)(=O)N2CCCCC2C(=O)OCC(=O)Nc2ccc(F)cc2F)cc1. The number of carbonyl (C=O) groups is 2. The molecule has 0 saturated carbocycles. The molecule has 0 aliphatic carbocycles. The van der Waals surface area contributed by atoms with Gasteiger partial charge < -0.3 is 10.1 Å². The third-order valence-electron chi connectivity index (χ3n) is 4.90. The highest BCUT2D eigenvalue weighted by Crippen LogP contribution is 2.26. The summed E-state index contributed by atoms with van der Waals surface area (Å²) < 4.78 is 58.7. The van der Waals surface area contributed by atoms with Crippen LogP contribution in [-0.2, 0) is 24.3 Å². The Morgan fingerprint density at radius 2 is 1.84 bits per heavy atom. The largest absolute Gasteiger partial charge is 0.454 e. The molecule has 1 aliphatic heterocycles. The van der Waals surface area contributed by atoms with Gasteiger partial charge in [-0.2, -0.15) is 4.31 Å². The van der Waals surface area contributed by atoms with Crippen LogP contribution < -0.4 is 5.32 Å². The molecule has 2 aromatic rings. The number of nitrogens with one attached hydrogen (secondary N) is 1. The summed E-state index contributed by atoms with van der Waals surface area (Å²) in [5.74, 6) is -3.45. The Morgan fingerprint density at radius 3 is 2.52 bits per heavy atom. The fraction of sp³-hybridized carbons (Fsp3) is 0.333. The average molecular weight is 452 g/mol. The van der Waals surface area contributed by atoms with E-state index >= 15 is 0 Å². The molecule has 2 aromatic carbocycles. The number of hydrogen-bond donors (Lipinski definition) is 1. The van der Waals surface area contributed by atoms with Crippen LogP contribution in [0, 0.1) is 18.6 Å². The molecule has 1 aliphatic rings. The first-order valence-electron chi connectivity index (χ1n) is 9.68. The molecule has 1 atom stereocenters. The first-order chi connectivity index (χ1) is 14.7. The quantitative estimate of drug-likeness (QED) is 0.681. The van der Waals surface area contributed by atoms with E-state index in [1.165, 1.54) is 12.1 Å². The van der Waals surface area contributed by atoms with Crippen molar-refractivity contribution in [1.82, 2.24) is 4.31 Å². The number of aryl methyl sites for hydroxylation is 1. The van der Waals surface area contributed by atoms with Gasteiger partial charge in [0.05, 0.1) is 10.6 Å². The van der Waals surface area contributed by atoms with E-state index in [0.717, 1.165) is 22.0 Å². The van der Waals surface area contributed by atoms with Crippen LogP contribution in [0.4, 0.5) is 14.5 Å². The Balaban J connectivity index is 1.66. The lowest BCUT2D eigenvalue weighted by Crippen LogP contribution is -2.48. The Bertz CT molecular complexity index is 1070. The predicted molar refractivity (Wildman–Crippen MR) is 109 cm³/mol. The molecule has 166 valence electrons. The van der Waals surface area contributed by atoms with Gasteiger partial charge in [0.15, 0.2) is 6.61 Å². The number of nitrogens with zero attached hydrogens (tertiary/aromatic N) is 1. The molecule has 1 fully saturated rings. The van der Waals surface area contributed by atoms with Crippen molar-refractivity contribution in [3.8, 4) is 0 Å². The zero-order chi connectivity index (χ0) is 22.6. The number of ether oxygens (including phenoxy) is 1. The molecular weight excluding hydrogens is 430 g/mol. The fourth-order valence-electron chi connectivity index (χ4n) is 3.28. The van der Waals surface area contributed by atoms with E-state index in [0.29, 0.717) is 18.9 Å². The first kappa shape index (κ1) is 22.8. The molecule has 10 heteroatoms. The van der Waals surface area contributed by atoms with E-state index in [-0.39, 0.29) is 23.5 Å². The zero-order valence-corrected chi connectivity index (χ0v) is 17.6. The average Bonchev–Trinajstić information content (AvgIpc) is 2.74. The molecular formula is C21H22F2N2O5S. The molecule has 0 aromatic heterocycles. The molecule has 31 heavy (non-hydrogen) atoms. The van der Waals surface area contributed by atoms with Crippen LogP contribution in [0.25, 0.3) is 0 Å². The monoisotopic (exact) mass is 452 g/mol. The number of amides is 1. The Morgan fingerprint density at radius 1 is 1.13 bits per heavy atom. The van der Waals surface area contributed by atoms with Crippen LogP contribution in [0.15, 0.2) is 47.4 Å². The minimum Gasteiger partial charge on any atom is -0.454 e. The van der Waals surface area contributed by atoms with Gasteiger partial charge in [0.25, 0.3) is 5.91 Å². The van der Waals surface area contributed by atoms with E-state index in [1.807, 2.05) is 6.92 Å². The van der Waals surface area contributed by atoms with Gasteiger partial charge in [0, 0.05) is 12.6 Å². The molecule has 7 nitrogen and oxygen atoms in total. The summed E-state index contributed by atoms with van der Waals surface area (Å²) in [4.78, 5) is 24.6. The number of carbonyl (C=O) groups excluding carboxylic acids is 2. The maximum absolute atomic E-state index is 13.6. The predicted octanol–water partition coefficient (Wildman–Crippen LogP) is 3.00. The minimum absolute atomic E-state index is 0.0716. The lowest BCUT2D eigenvalue weighted by Gasteiger charge is -2.33. The fourth-order valence-corrected chi connectivity index (χ4v) is 4.93. The van der Waals surface area contributed by atoms with Crippen LogP contribution in [0.3, 0.4) is 0 Å². The Hall–Kier alpha value is -2.85. The highest BCUT2D eigenvalue weighted by Gasteiger charge is 2.38. The highest BCUT2D eigenvalue weighted by atomic mass is 32.2. The summed E-state index contributed by atoms with van der Waals surface area (Å²) in [5, 5.41) is 2.18. The van der Waals surface area contributed by atoms with Gasteiger partial charge in [-0.05, 0) is 50.5 Å². The summed E-state index contributed by atoms with van der Waals surface area (Å²) >= 11 is 0. The number of rotatable bonds is 6. The molecule has 0 bridgehead atoms. The van der Waals surface area contributed by atoms with Crippen molar-refractivity contribution in [3.63, 3.8) is 0 Å². The van der Waals surface area contributed by atoms with Crippen molar-refractivity contribution >= 4 is 27.6 Å². The van der Waals surface area contributed by atoms with Gasteiger partial charge in [-0.25, -0.2) is 17.2 Å². The van der Waals surface area contributed by atoms with E-state index in [9.17, 15) is 26.8 Å². The van der Waals surface area contributed by atoms with Crippen molar-refractivity contribution in [2.75, 3.05) is 18.5 Å². The smallest absolute Gasteiger partial charge is 0.324 e. The summed E-state index contributed by atoms with van der Waals surface area (Å²) in [6.45, 7) is 1.26. The summed E-state index contributed by atoms with van der Waals surface area (Å²) in [5.41, 5.74) is 0.640. The van der Waals surface area contributed by atoms with E-state index in [4.69, 9.17) is 4.74 Å². The van der Waals surface area contributed by atoms with Gasteiger partial charge in [-0.15, -0.1) is 0 Å². The van der Waals surface area contributed by atoms with Crippen LogP contribution >= 0.6 is 0 Å². The lowest BCUT2D eigenvalue weighted by molar-refractivity contribution is -0.152. The van der Waals surface area contributed by atoms with E-state index in [1.54, 1.807) is 12.1 Å². The number of sulfonamides is 1. The molecule has 1 amide bonds. The van der Waals surface area contributed by atoms with Gasteiger partial charge in [0.1, 0.15) is 17.7 Å². The molecule has 0 spiro atoms. The minimum atomic E-state index is -3.92. The van der Waals surface area contributed by atoms with Crippen molar-refractivity contribution in [1.29, 1.82) is 0 Å². The summed E-state index contributed by atoms with van der Waals surface area (Å²) in [6.07, 6.45) is 1.49. The van der Waals surface area contributed by atoms with Gasteiger partial charge >= 0.3 is 5.97 Å². The van der Waals surface area contributed by atoms with Crippen molar-refractivity contribution in [3.05, 3.63) is 59.7 Å². The maximum Gasteiger partial charge on any atom is 0.324 e. The maximum atomic E-state index is 13.6. The van der Waals surface area contributed by atoms with Gasteiger partial charge in [-0.1, -0.05) is 17.7 Å². The van der Waals surface area contributed by atoms with Crippen LogP contribution in [0.1, 0.15) is 24.8 Å². The van der Waals surface area contributed by atoms with Crippen molar-refractivity contribution < 1.29 is 31.5 Å². The normalized spacial score (nSPS) is 17.2. The van der Waals surface area contributed by atoms with Crippen molar-refractivity contribution in [2.45, 2.75) is 37.1 Å². The second kappa shape index (κ2) is 9.52. The number of hydrogen-bond acceptors (Lipinski definition) is 5. The molecule has 1 heterocycles. The van der Waals surface area contributed by atoms with Gasteiger partial charge in [0.2, 0.25) is 10.0 Å². The van der Waals surface area contributed by atoms with E-state index in [2.05, 4.69) is 5.32 Å². The Labute approximate surface area is 179 Å². The molecule has 3 rings (SSSR count). The second-order valence-electron chi connectivity index (χ2n) is 7.22. The molecule has 1 unspecified atom stereocenters. The number of benzene rings is 2. The standard InChI is InChI=1S/C21H22F2N2O5S/c1-14-5-8-16(9-6-14)31(28,29)25-11-3-2-4-19(25)21(27)30-13-20(26)24-18-10-7-15(22)12-17(18)23/h5-10,12,19H,2-4,11,13H2,1H3,(H,24,26).